The summed E-state index contributed by atoms with van der Waals surface area (Å²) in [6.45, 7) is 1.74. The van der Waals surface area contributed by atoms with E-state index in [1.54, 1.807) is 43.3 Å². The predicted molar refractivity (Wildman–Crippen MR) is 77.5 cm³/mol. The first-order valence-corrected chi connectivity index (χ1v) is 7.79. The molecule has 18 heavy (non-hydrogen) atoms. The standard InChI is InChI=1S/C13H11IO3S/c1-9-5-2-3-8-12(9)18(16,17)13-10(14)6-4-7-11(13)15/h2-8,15H,1H3. The van der Waals surface area contributed by atoms with Crippen LogP contribution in [-0.2, 0) is 9.84 Å². The van der Waals surface area contributed by atoms with Crippen LogP contribution < -0.4 is 0 Å². The van der Waals surface area contributed by atoms with Gasteiger partial charge in [0.25, 0.3) is 0 Å². The molecule has 0 atom stereocenters. The lowest BCUT2D eigenvalue weighted by Crippen LogP contribution is -2.06. The van der Waals surface area contributed by atoms with Gasteiger partial charge in [-0.1, -0.05) is 24.3 Å². The zero-order chi connectivity index (χ0) is 13.3. The van der Waals surface area contributed by atoms with Crippen molar-refractivity contribution in [1.29, 1.82) is 0 Å². The van der Waals surface area contributed by atoms with Gasteiger partial charge >= 0.3 is 0 Å². The maximum atomic E-state index is 12.5. The van der Waals surface area contributed by atoms with Gasteiger partial charge in [-0.15, -0.1) is 0 Å². The summed E-state index contributed by atoms with van der Waals surface area (Å²) >= 11 is 1.91. The van der Waals surface area contributed by atoms with Crippen molar-refractivity contribution in [2.24, 2.45) is 0 Å². The Bertz CT molecular complexity index is 673. The normalized spacial score (nSPS) is 11.4. The van der Waals surface area contributed by atoms with Crippen molar-refractivity contribution in [1.82, 2.24) is 0 Å². The van der Waals surface area contributed by atoms with Gasteiger partial charge in [-0.25, -0.2) is 8.42 Å². The van der Waals surface area contributed by atoms with E-state index in [0.717, 1.165) is 0 Å². The van der Waals surface area contributed by atoms with Gasteiger partial charge in [0.2, 0.25) is 9.84 Å². The van der Waals surface area contributed by atoms with Crippen LogP contribution in [0, 0.1) is 10.5 Å². The van der Waals surface area contributed by atoms with Crippen LogP contribution in [-0.4, -0.2) is 13.5 Å². The van der Waals surface area contributed by atoms with Gasteiger partial charge in [0.15, 0.2) is 0 Å². The summed E-state index contributed by atoms with van der Waals surface area (Å²) in [5.41, 5.74) is 0.663. The number of hydrogen-bond acceptors (Lipinski definition) is 3. The van der Waals surface area contributed by atoms with E-state index in [9.17, 15) is 13.5 Å². The largest absolute Gasteiger partial charge is 0.507 e. The number of hydrogen-bond donors (Lipinski definition) is 1. The van der Waals surface area contributed by atoms with Crippen LogP contribution in [0.1, 0.15) is 5.56 Å². The molecule has 0 bridgehead atoms. The molecule has 1 N–H and O–H groups in total. The SMILES string of the molecule is Cc1ccccc1S(=O)(=O)c1c(O)cccc1I. The summed E-state index contributed by atoms with van der Waals surface area (Å²) < 4.78 is 25.6. The molecule has 5 heteroatoms. The summed E-state index contributed by atoms with van der Waals surface area (Å²) in [4.78, 5) is 0.198. The second-order valence-corrected chi connectivity index (χ2v) is 6.87. The minimum absolute atomic E-state index is 0.0279. The van der Waals surface area contributed by atoms with Crippen molar-refractivity contribution in [3.05, 3.63) is 51.6 Å². The first-order valence-electron chi connectivity index (χ1n) is 5.23. The summed E-state index contributed by atoms with van der Waals surface area (Å²) in [5, 5.41) is 9.80. The molecule has 94 valence electrons. The fourth-order valence-electron chi connectivity index (χ4n) is 1.73. The maximum absolute atomic E-state index is 12.5. The Morgan fingerprint density at radius 3 is 2.33 bits per heavy atom. The van der Waals surface area contributed by atoms with Gasteiger partial charge in [0.1, 0.15) is 10.6 Å². The number of aromatic hydroxyl groups is 1. The van der Waals surface area contributed by atoms with E-state index in [2.05, 4.69) is 0 Å². The number of aryl methyl sites for hydroxylation is 1. The van der Waals surface area contributed by atoms with Crippen molar-refractivity contribution in [2.45, 2.75) is 16.7 Å². The Morgan fingerprint density at radius 1 is 1.06 bits per heavy atom. The zero-order valence-corrected chi connectivity index (χ0v) is 12.6. The second-order valence-electron chi connectivity index (χ2n) is 3.86. The average Bonchev–Trinajstić information content (AvgIpc) is 2.28. The fraction of sp³-hybridized carbons (Fsp3) is 0.0769. The van der Waals surface area contributed by atoms with Gasteiger partial charge in [0.05, 0.1) is 4.90 Å². The Morgan fingerprint density at radius 2 is 1.72 bits per heavy atom. The van der Waals surface area contributed by atoms with Gasteiger partial charge in [0, 0.05) is 3.57 Å². The number of rotatable bonds is 2. The Hall–Kier alpha value is -1.08. The predicted octanol–water partition coefficient (Wildman–Crippen LogP) is 3.14. The zero-order valence-electron chi connectivity index (χ0n) is 9.59. The first kappa shape index (κ1) is 13.4. The smallest absolute Gasteiger partial charge is 0.211 e. The molecule has 0 fully saturated rings. The minimum atomic E-state index is -3.69. The van der Waals surface area contributed by atoms with Crippen molar-refractivity contribution in [3.63, 3.8) is 0 Å². The molecule has 0 saturated carbocycles. The quantitative estimate of drug-likeness (QED) is 0.822. The van der Waals surface area contributed by atoms with Crippen molar-refractivity contribution < 1.29 is 13.5 Å². The summed E-state index contributed by atoms with van der Waals surface area (Å²) in [7, 11) is -3.69. The molecule has 2 aromatic carbocycles. The third-order valence-corrected chi connectivity index (χ3v) is 5.87. The molecular formula is C13H11IO3S. The number of sulfone groups is 1. The van der Waals surface area contributed by atoms with E-state index in [-0.39, 0.29) is 15.5 Å². The van der Waals surface area contributed by atoms with Gasteiger partial charge in [-0.2, -0.15) is 0 Å². The molecule has 0 unspecified atom stereocenters. The molecule has 0 radical (unpaired) electrons. The molecule has 3 nitrogen and oxygen atoms in total. The molecule has 0 saturated heterocycles. The molecule has 0 amide bonds. The van der Waals surface area contributed by atoms with E-state index in [4.69, 9.17) is 0 Å². The summed E-state index contributed by atoms with van der Waals surface area (Å²) in [6, 6.07) is 11.4. The number of halogens is 1. The average molecular weight is 374 g/mol. The van der Waals surface area contributed by atoms with Crippen molar-refractivity contribution >= 4 is 32.4 Å². The molecule has 0 aliphatic heterocycles. The van der Waals surface area contributed by atoms with Crippen LogP contribution in [0.25, 0.3) is 0 Å². The lowest BCUT2D eigenvalue weighted by atomic mass is 10.2. The molecular weight excluding hydrogens is 363 g/mol. The highest BCUT2D eigenvalue weighted by molar-refractivity contribution is 14.1. The number of phenolic OH excluding ortho intramolecular Hbond substituents is 1. The lowest BCUT2D eigenvalue weighted by Gasteiger charge is -2.10. The summed E-state index contributed by atoms with van der Waals surface area (Å²) in [6.07, 6.45) is 0. The molecule has 2 aromatic rings. The molecule has 0 spiro atoms. The molecule has 0 aromatic heterocycles. The molecule has 0 heterocycles. The van der Waals surface area contributed by atoms with E-state index < -0.39 is 9.84 Å². The van der Waals surface area contributed by atoms with Crippen LogP contribution in [0.2, 0.25) is 0 Å². The second kappa shape index (κ2) is 4.89. The third kappa shape index (κ3) is 2.24. The monoisotopic (exact) mass is 374 g/mol. The lowest BCUT2D eigenvalue weighted by molar-refractivity contribution is 0.457. The first-order chi connectivity index (χ1) is 8.44. The third-order valence-electron chi connectivity index (χ3n) is 2.60. The van der Waals surface area contributed by atoms with Crippen LogP contribution in [0.3, 0.4) is 0 Å². The highest BCUT2D eigenvalue weighted by atomic mass is 127. The van der Waals surface area contributed by atoms with Crippen molar-refractivity contribution in [3.8, 4) is 5.75 Å². The Balaban J connectivity index is 2.75. The number of benzene rings is 2. The summed E-state index contributed by atoms with van der Waals surface area (Å²) in [5.74, 6) is -0.217. The van der Waals surface area contributed by atoms with Gasteiger partial charge in [-0.3, -0.25) is 0 Å². The van der Waals surface area contributed by atoms with Crippen LogP contribution in [0.15, 0.2) is 52.3 Å². The van der Waals surface area contributed by atoms with E-state index in [1.807, 2.05) is 22.6 Å². The topological polar surface area (TPSA) is 54.4 Å². The van der Waals surface area contributed by atoms with Crippen LogP contribution >= 0.6 is 22.6 Å². The Kier molecular flexibility index (Phi) is 3.63. The van der Waals surface area contributed by atoms with E-state index in [0.29, 0.717) is 9.13 Å². The van der Waals surface area contributed by atoms with E-state index in [1.165, 1.54) is 6.07 Å². The molecule has 0 aliphatic rings. The van der Waals surface area contributed by atoms with Crippen LogP contribution in [0.4, 0.5) is 0 Å². The fourth-order valence-corrected chi connectivity index (χ4v) is 4.72. The Labute approximate surface area is 120 Å². The van der Waals surface area contributed by atoms with Gasteiger partial charge in [-0.05, 0) is 53.3 Å². The van der Waals surface area contributed by atoms with Gasteiger partial charge < -0.3 is 5.11 Å². The molecule has 0 aliphatic carbocycles. The minimum Gasteiger partial charge on any atom is -0.507 e. The number of phenols is 1. The van der Waals surface area contributed by atoms with E-state index >= 15 is 0 Å². The molecule has 2 rings (SSSR count). The highest BCUT2D eigenvalue weighted by Crippen LogP contribution is 2.33. The van der Waals surface area contributed by atoms with Crippen molar-refractivity contribution in [2.75, 3.05) is 0 Å². The highest BCUT2D eigenvalue weighted by Gasteiger charge is 2.25. The maximum Gasteiger partial charge on any atom is 0.211 e. The van der Waals surface area contributed by atoms with Crippen LogP contribution in [0.5, 0.6) is 5.75 Å².